The molecule has 0 spiro atoms. The molecule has 4 rings (SSSR count). The number of furan rings is 1. The summed E-state index contributed by atoms with van der Waals surface area (Å²) in [6, 6.07) is 13.3. The first-order valence-corrected chi connectivity index (χ1v) is 9.89. The maximum Gasteiger partial charge on any atom is 0.252 e. The number of benzene rings is 1. The first-order chi connectivity index (χ1) is 14.5. The Labute approximate surface area is 174 Å². The first kappa shape index (κ1) is 19.7. The second-order valence-electron chi connectivity index (χ2n) is 7.21. The van der Waals surface area contributed by atoms with Crippen molar-refractivity contribution in [3.8, 4) is 17.2 Å². The molecule has 7 heteroatoms. The topological polar surface area (TPSA) is 82.2 Å². The van der Waals surface area contributed by atoms with Crippen LogP contribution in [0.5, 0.6) is 5.75 Å². The Hall–Kier alpha value is -3.61. The molecule has 7 nitrogen and oxygen atoms in total. The van der Waals surface area contributed by atoms with E-state index in [-0.39, 0.29) is 5.91 Å². The summed E-state index contributed by atoms with van der Waals surface area (Å²) in [6.45, 7) is 4.94. The number of aryl methyl sites for hydroxylation is 3. The predicted molar refractivity (Wildman–Crippen MR) is 115 cm³/mol. The Kier molecular flexibility index (Phi) is 5.52. The van der Waals surface area contributed by atoms with Gasteiger partial charge in [0.05, 0.1) is 29.5 Å². The van der Waals surface area contributed by atoms with E-state index in [1.54, 1.807) is 23.1 Å². The summed E-state index contributed by atoms with van der Waals surface area (Å²) in [5, 5.41) is 8.16. The highest BCUT2D eigenvalue weighted by Gasteiger charge is 2.19. The summed E-state index contributed by atoms with van der Waals surface area (Å²) in [6.07, 6.45) is 2.29. The van der Waals surface area contributed by atoms with E-state index >= 15 is 0 Å². The molecule has 0 saturated heterocycles. The number of carbonyl (C=O) groups is 1. The van der Waals surface area contributed by atoms with Crippen molar-refractivity contribution >= 4 is 16.9 Å². The van der Waals surface area contributed by atoms with Crippen LogP contribution in [0.15, 0.2) is 53.1 Å². The quantitative estimate of drug-likeness (QED) is 0.470. The number of carbonyl (C=O) groups excluding carboxylic acids is 1. The molecule has 0 fully saturated rings. The summed E-state index contributed by atoms with van der Waals surface area (Å²) in [4.78, 5) is 17.6. The highest BCUT2D eigenvalue weighted by molar-refractivity contribution is 6.07. The molecule has 30 heavy (non-hydrogen) atoms. The van der Waals surface area contributed by atoms with Gasteiger partial charge in [-0.25, -0.2) is 4.98 Å². The third-order valence-corrected chi connectivity index (χ3v) is 4.85. The molecule has 3 heterocycles. The number of fused-ring (bicyclic) bond motifs is 1. The second kappa shape index (κ2) is 8.41. The molecule has 4 aromatic rings. The zero-order valence-electron chi connectivity index (χ0n) is 17.3. The highest BCUT2D eigenvalue weighted by atomic mass is 16.5. The Balaban J connectivity index is 1.47. The maximum absolute atomic E-state index is 13.0. The molecule has 0 unspecified atom stereocenters. The molecular weight excluding hydrogens is 380 g/mol. The van der Waals surface area contributed by atoms with Crippen LogP contribution in [0, 0.1) is 13.8 Å². The zero-order valence-corrected chi connectivity index (χ0v) is 17.3. The molecule has 0 bridgehead atoms. The average Bonchev–Trinajstić information content (AvgIpc) is 3.36. The molecule has 0 atom stereocenters. The van der Waals surface area contributed by atoms with Crippen molar-refractivity contribution < 1.29 is 13.9 Å². The van der Waals surface area contributed by atoms with Crippen LogP contribution in [0.4, 0.5) is 0 Å². The van der Waals surface area contributed by atoms with Gasteiger partial charge in [-0.1, -0.05) is 12.1 Å². The fraction of sp³-hybridized carbons (Fsp3) is 0.261. The number of nitrogens with one attached hydrogen (secondary N) is 1. The van der Waals surface area contributed by atoms with E-state index in [1.165, 1.54) is 0 Å². The molecule has 154 valence electrons. The Morgan fingerprint density at radius 3 is 2.83 bits per heavy atom. The van der Waals surface area contributed by atoms with Gasteiger partial charge >= 0.3 is 0 Å². The van der Waals surface area contributed by atoms with Gasteiger partial charge in [0.1, 0.15) is 11.4 Å². The van der Waals surface area contributed by atoms with Crippen molar-refractivity contribution in [3.63, 3.8) is 0 Å². The van der Waals surface area contributed by atoms with Crippen LogP contribution >= 0.6 is 0 Å². The average molecular weight is 404 g/mol. The molecule has 0 radical (unpaired) electrons. The Morgan fingerprint density at radius 2 is 2.07 bits per heavy atom. The van der Waals surface area contributed by atoms with Crippen molar-refractivity contribution in [1.29, 1.82) is 0 Å². The zero-order chi connectivity index (χ0) is 21.1. The normalized spacial score (nSPS) is 11.0. The van der Waals surface area contributed by atoms with Gasteiger partial charge in [0.2, 0.25) is 0 Å². The lowest BCUT2D eigenvalue weighted by Crippen LogP contribution is -2.26. The van der Waals surface area contributed by atoms with E-state index in [2.05, 4.69) is 15.4 Å². The van der Waals surface area contributed by atoms with E-state index in [0.717, 1.165) is 22.4 Å². The molecule has 0 aliphatic rings. The summed E-state index contributed by atoms with van der Waals surface area (Å²) < 4.78 is 12.9. The fourth-order valence-electron chi connectivity index (χ4n) is 3.44. The largest absolute Gasteiger partial charge is 0.494 e. The lowest BCUT2D eigenvalue weighted by Gasteiger charge is -2.10. The number of nitrogens with zero attached hydrogens (tertiary/aromatic N) is 3. The minimum atomic E-state index is -0.165. The second-order valence-corrected chi connectivity index (χ2v) is 7.21. The standard InChI is InChI=1S/C23H24N4O3/c1-15-7-4-8-17(13-15)29-12-6-10-24-23(28)18-14-19(20-9-5-11-30-20)25-22-21(18)16(2)26-27(22)3/h4-5,7-9,11,13-14H,6,10,12H2,1-3H3,(H,24,28). The SMILES string of the molecule is Cc1cccc(OCCCNC(=O)c2cc(-c3ccco3)nc3c2c(C)nn3C)c1. The van der Waals surface area contributed by atoms with E-state index in [9.17, 15) is 4.79 Å². The third kappa shape index (κ3) is 4.05. The number of amides is 1. The summed E-state index contributed by atoms with van der Waals surface area (Å²) in [7, 11) is 1.82. The van der Waals surface area contributed by atoms with Crippen molar-refractivity contribution in [2.75, 3.05) is 13.2 Å². The minimum Gasteiger partial charge on any atom is -0.494 e. The number of aromatic nitrogens is 3. The summed E-state index contributed by atoms with van der Waals surface area (Å²) >= 11 is 0. The van der Waals surface area contributed by atoms with Crippen molar-refractivity contribution in [3.05, 3.63) is 65.5 Å². The highest BCUT2D eigenvalue weighted by Crippen LogP contribution is 2.27. The molecule has 0 saturated carbocycles. The van der Waals surface area contributed by atoms with Gasteiger partial charge in [-0.15, -0.1) is 0 Å². The molecule has 1 amide bonds. The van der Waals surface area contributed by atoms with Crippen LogP contribution in [0.25, 0.3) is 22.5 Å². The summed E-state index contributed by atoms with van der Waals surface area (Å²) in [5.74, 6) is 1.28. The van der Waals surface area contributed by atoms with E-state index in [4.69, 9.17) is 9.15 Å². The van der Waals surface area contributed by atoms with E-state index in [1.807, 2.05) is 51.2 Å². The van der Waals surface area contributed by atoms with Crippen LogP contribution < -0.4 is 10.1 Å². The number of rotatable bonds is 7. The van der Waals surface area contributed by atoms with Gasteiger partial charge in [-0.2, -0.15) is 5.10 Å². The van der Waals surface area contributed by atoms with E-state index < -0.39 is 0 Å². The van der Waals surface area contributed by atoms with Crippen molar-refractivity contribution in [2.24, 2.45) is 7.05 Å². The number of pyridine rings is 1. The molecule has 0 aliphatic carbocycles. The lowest BCUT2D eigenvalue weighted by molar-refractivity contribution is 0.0953. The van der Waals surface area contributed by atoms with Crippen LogP contribution in [0.3, 0.4) is 0 Å². The third-order valence-electron chi connectivity index (χ3n) is 4.85. The predicted octanol–water partition coefficient (Wildman–Crippen LogP) is 4.04. The van der Waals surface area contributed by atoms with Gasteiger partial charge in [0.25, 0.3) is 5.91 Å². The first-order valence-electron chi connectivity index (χ1n) is 9.89. The summed E-state index contributed by atoms with van der Waals surface area (Å²) in [5.41, 5.74) is 3.70. The van der Waals surface area contributed by atoms with Gasteiger partial charge in [0.15, 0.2) is 11.4 Å². The van der Waals surface area contributed by atoms with Crippen molar-refractivity contribution in [1.82, 2.24) is 20.1 Å². The van der Waals surface area contributed by atoms with Crippen LogP contribution in [0.1, 0.15) is 28.0 Å². The monoisotopic (exact) mass is 404 g/mol. The van der Waals surface area contributed by atoms with Crippen LogP contribution in [-0.2, 0) is 7.05 Å². The molecule has 1 N–H and O–H groups in total. The Bertz CT molecular complexity index is 1180. The molecule has 0 aliphatic heterocycles. The van der Waals surface area contributed by atoms with E-state index in [0.29, 0.717) is 42.2 Å². The van der Waals surface area contributed by atoms with Gasteiger partial charge < -0.3 is 14.5 Å². The van der Waals surface area contributed by atoms with Gasteiger partial charge in [0, 0.05) is 13.6 Å². The number of hydrogen-bond donors (Lipinski definition) is 1. The van der Waals surface area contributed by atoms with Gasteiger partial charge in [-0.3, -0.25) is 9.48 Å². The lowest BCUT2D eigenvalue weighted by atomic mass is 10.1. The molecule has 1 aromatic carbocycles. The molecular formula is C23H24N4O3. The fourth-order valence-corrected chi connectivity index (χ4v) is 3.44. The molecule has 3 aromatic heterocycles. The minimum absolute atomic E-state index is 0.165. The number of ether oxygens (including phenoxy) is 1. The smallest absolute Gasteiger partial charge is 0.252 e. The number of hydrogen-bond acceptors (Lipinski definition) is 5. The van der Waals surface area contributed by atoms with Gasteiger partial charge in [-0.05, 0) is 56.2 Å². The van der Waals surface area contributed by atoms with Crippen LogP contribution in [-0.4, -0.2) is 33.8 Å². The Morgan fingerprint density at radius 1 is 1.20 bits per heavy atom. The van der Waals surface area contributed by atoms with Crippen LogP contribution in [0.2, 0.25) is 0 Å². The van der Waals surface area contributed by atoms with Crippen molar-refractivity contribution in [2.45, 2.75) is 20.3 Å². The maximum atomic E-state index is 13.0.